The molecule has 3 amide bonds. The molecule has 6 aliphatic rings. The van der Waals surface area contributed by atoms with E-state index in [4.69, 9.17) is 51.3 Å². The number of ether oxygens (including phenoxy) is 7. The lowest BCUT2D eigenvalue weighted by molar-refractivity contribution is -0.282. The van der Waals surface area contributed by atoms with Gasteiger partial charge in [-0.2, -0.15) is 0 Å². The summed E-state index contributed by atoms with van der Waals surface area (Å²) in [7, 11) is -8.42. The van der Waals surface area contributed by atoms with Gasteiger partial charge in [-0.1, -0.05) is 80.1 Å². The second kappa shape index (κ2) is 50.6. The molecular formula is C74H133N3O31P2. The Kier molecular flexibility index (Phi) is 44.8. The summed E-state index contributed by atoms with van der Waals surface area (Å²) in [6.07, 6.45) is -5.65. The largest absolute Gasteiger partial charge is 0.472 e. The fraction of sp³-hybridized carbons (Fsp3) is 0.919. The Bertz CT molecular complexity index is 2790. The lowest BCUT2D eigenvalue weighted by Gasteiger charge is -2.40. The molecule has 36 heteroatoms. The molecule has 8 unspecified atom stereocenters. The minimum absolute atomic E-state index is 0.00558. The van der Waals surface area contributed by atoms with Gasteiger partial charge < -0.3 is 109 Å². The van der Waals surface area contributed by atoms with Crippen molar-refractivity contribution in [2.45, 2.75) is 325 Å². The molecule has 0 saturated carbocycles. The van der Waals surface area contributed by atoms with Crippen LogP contribution in [-0.2, 0) is 89.2 Å². The van der Waals surface area contributed by atoms with Crippen LogP contribution in [0, 0.1) is 23.7 Å². The van der Waals surface area contributed by atoms with Crippen LogP contribution in [0.25, 0.3) is 0 Å². The predicted octanol–water partition coefficient (Wildman–Crippen LogP) is 3.81. The summed E-state index contributed by atoms with van der Waals surface area (Å²) in [5.41, 5.74) is 0. The van der Waals surface area contributed by atoms with Crippen molar-refractivity contribution in [3.63, 3.8) is 0 Å². The third kappa shape index (κ3) is 33.5. The smallest absolute Gasteiger partial charge is 0.394 e. The molecule has 0 radical (unpaired) electrons. The van der Waals surface area contributed by atoms with E-state index < -0.39 is 183 Å². The number of rotatable bonds is 51. The average Bonchev–Trinajstić information content (AvgIpc) is 1.56. The number of carbonyl (C=O) groups is 6. The Morgan fingerprint density at radius 2 is 0.673 bits per heavy atom. The summed E-state index contributed by atoms with van der Waals surface area (Å²) in [5, 5.41) is 100. The highest BCUT2D eigenvalue weighted by Crippen LogP contribution is 2.50. The highest BCUT2D eigenvalue weighted by Gasteiger charge is 2.48. The van der Waals surface area contributed by atoms with E-state index in [1.165, 1.54) is 16.9 Å². The van der Waals surface area contributed by atoms with E-state index in [9.17, 15) is 98.7 Å². The molecule has 0 spiro atoms. The topological polar surface area (TPSA) is 491 Å². The summed E-state index contributed by atoms with van der Waals surface area (Å²) < 4.78 is 89.0. The molecule has 0 aliphatic carbocycles. The summed E-state index contributed by atoms with van der Waals surface area (Å²) in [6.45, 7) is 9.20. The number of β-amino-alcohol motifs (C(OH)–C–C–N with tert-alkyl or cyclic N) is 1. The van der Waals surface area contributed by atoms with Gasteiger partial charge in [-0.3, -0.25) is 46.9 Å². The maximum atomic E-state index is 14.0. The zero-order valence-corrected chi connectivity index (χ0v) is 67.4. The number of unbranched alkanes of at least 4 members (excludes halogenated alkanes) is 9. The van der Waals surface area contributed by atoms with Gasteiger partial charge in [0.25, 0.3) is 0 Å². The molecule has 6 saturated heterocycles. The van der Waals surface area contributed by atoms with Crippen molar-refractivity contribution in [3.05, 3.63) is 0 Å². The second-order valence-electron chi connectivity index (χ2n) is 31.1. The number of nitrogens with zero attached hydrogens (tertiary/aromatic N) is 3. The Morgan fingerprint density at radius 1 is 0.400 bits per heavy atom. The Morgan fingerprint density at radius 3 is 0.973 bits per heavy atom. The van der Waals surface area contributed by atoms with E-state index in [1.54, 1.807) is 25.7 Å². The van der Waals surface area contributed by atoms with Gasteiger partial charge in [-0.15, -0.1) is 0 Å². The fourth-order valence-corrected chi connectivity index (χ4v) is 16.4. The lowest BCUT2D eigenvalue weighted by atomic mass is 9.92. The number of hydrogen-bond donors (Lipinski definition) is 12. The molecule has 0 aromatic rings. The van der Waals surface area contributed by atoms with Crippen LogP contribution in [0.2, 0.25) is 0 Å². The number of phosphoric acid groups is 2. The van der Waals surface area contributed by atoms with Crippen LogP contribution in [0.5, 0.6) is 0 Å². The van der Waals surface area contributed by atoms with Crippen LogP contribution in [-0.4, -0.2) is 307 Å². The highest BCUT2D eigenvalue weighted by atomic mass is 31.2. The van der Waals surface area contributed by atoms with E-state index in [0.717, 1.165) is 5.92 Å². The molecule has 6 fully saturated rings. The van der Waals surface area contributed by atoms with Crippen molar-refractivity contribution >= 4 is 50.7 Å². The molecule has 23 atom stereocenters. The zero-order valence-electron chi connectivity index (χ0n) is 65.6. The van der Waals surface area contributed by atoms with Crippen LogP contribution in [0.3, 0.4) is 0 Å². The summed E-state index contributed by atoms with van der Waals surface area (Å²) in [5.74, 6) is -1.72. The highest BCUT2D eigenvalue weighted by molar-refractivity contribution is 7.47. The molecule has 6 heterocycles. The van der Waals surface area contributed by atoms with Crippen LogP contribution in [0.1, 0.15) is 215 Å². The first kappa shape index (κ1) is 97.5. The number of amides is 3. The SMILES string of the molecule is CC(C)C.COC[C@@H]1C[C@@H](OP(=O)(O)OC[C@@H]2C[C@@H](OP(=O)(O)OC[C@@H]3C[C@@H](O)CN3C(=O)CCCCCCC(=O)CCCO[C@@H]3OC(CO)[C@H](O)[C@H](O)C3C)CN2C(=O)CCCCCCC(=O)CCCO[C@@H]2OC(CO)[C@H](O)[C@H](O)C2C)CN1C(=O)CCCCCCC(=O)CCCO[C@@H]1OC(CO)[C@H](O)[C@H](O)C1C. The molecule has 110 heavy (non-hydrogen) atoms. The third-order valence-corrected chi connectivity index (χ3v) is 23.0. The van der Waals surface area contributed by atoms with Gasteiger partial charge in [0.15, 0.2) is 18.9 Å². The number of phosphoric ester groups is 2. The first-order valence-corrected chi connectivity index (χ1v) is 42.9. The van der Waals surface area contributed by atoms with Crippen molar-refractivity contribution in [3.8, 4) is 0 Å². The Balaban J connectivity index is 0.00000528. The third-order valence-electron chi connectivity index (χ3n) is 20.9. The van der Waals surface area contributed by atoms with Gasteiger partial charge in [0, 0.05) is 102 Å². The molecular weight excluding hydrogens is 1490 g/mol. The van der Waals surface area contributed by atoms with Gasteiger partial charge in [-0.25, -0.2) is 9.13 Å². The minimum Gasteiger partial charge on any atom is -0.394 e. The number of ketones is 3. The normalized spacial score (nSPS) is 31.7. The first-order valence-electron chi connectivity index (χ1n) is 39.9. The van der Waals surface area contributed by atoms with E-state index >= 15 is 0 Å². The summed E-state index contributed by atoms with van der Waals surface area (Å²) in [6, 6.07) is -2.26. The van der Waals surface area contributed by atoms with Crippen LogP contribution in [0.4, 0.5) is 0 Å². The molecule has 0 bridgehead atoms. The van der Waals surface area contributed by atoms with Gasteiger partial charge >= 0.3 is 15.6 Å². The maximum absolute atomic E-state index is 14.0. The molecule has 6 rings (SSSR count). The maximum Gasteiger partial charge on any atom is 0.472 e. The number of methoxy groups -OCH3 is 1. The van der Waals surface area contributed by atoms with E-state index in [1.807, 2.05) is 0 Å². The van der Waals surface area contributed by atoms with Crippen LogP contribution in [0.15, 0.2) is 0 Å². The molecule has 34 nitrogen and oxygen atoms in total. The quantitative estimate of drug-likeness (QED) is 0.0304. The van der Waals surface area contributed by atoms with Crippen molar-refractivity contribution < 1.29 is 150 Å². The first-order chi connectivity index (χ1) is 52.2. The van der Waals surface area contributed by atoms with Gasteiger partial charge in [0.1, 0.15) is 54.0 Å². The van der Waals surface area contributed by atoms with Crippen LogP contribution < -0.4 is 0 Å². The van der Waals surface area contributed by atoms with Crippen molar-refractivity contribution in [2.24, 2.45) is 23.7 Å². The van der Waals surface area contributed by atoms with Gasteiger partial charge in [0.05, 0.1) is 114 Å². The standard InChI is InChI=1S/C70H123N3O31P2.C4H10/c1-44-62(84)65(87)56(38-74)100-68(44)95-29-17-23-50(77)20-11-5-8-14-26-59(81)71-35-53(80)32-47(71)42-98-105(90,91)104-55-34-49(73(37-55)61(83)28-16-10-7-13-22-52(79)25-19-31-97-70-46(3)64(86)67(89)58(40-76)102-70)43-99-106(92,93)103-54-33-48(41-94-4)72(36-54)60(82)27-15-9-6-12-21-51(78)24-18-30-96-69-45(2)63(85)66(88)57(39-75)101-69;1-4(2)3/h44-49,53-58,62-70,74-76,80,84-89H,5-43H2,1-4H3,(H,90,91)(H,92,93);4H,1-3H3/t44?,45?,46?,47-,48-,49-,53+,54+,55+,56?,57?,58?,62+,63+,64+,65-,66-,67-,68+,69+,70+;/m0./s1. The van der Waals surface area contributed by atoms with Crippen molar-refractivity contribution in [1.82, 2.24) is 14.7 Å². The summed E-state index contributed by atoms with van der Waals surface area (Å²) in [4.78, 5) is 106. The van der Waals surface area contributed by atoms with Gasteiger partial charge in [-0.05, 0) is 83.0 Å². The summed E-state index contributed by atoms with van der Waals surface area (Å²) >= 11 is 0. The Labute approximate surface area is 647 Å². The second-order valence-corrected chi connectivity index (χ2v) is 33.9. The van der Waals surface area contributed by atoms with E-state index in [0.29, 0.717) is 109 Å². The molecule has 0 aromatic carbocycles. The van der Waals surface area contributed by atoms with Crippen LogP contribution >= 0.6 is 15.6 Å². The minimum atomic E-state index is -4.95. The number of Topliss-reactive ketones (excluding diaryl/α,β-unsaturated/α-hetero) is 3. The molecule has 640 valence electrons. The number of aliphatic hydroxyl groups is 10. The number of carbonyl (C=O) groups excluding carboxylic acids is 6. The average molecular weight is 1620 g/mol. The fourth-order valence-electron chi connectivity index (χ4n) is 14.5. The molecule has 0 aromatic heterocycles. The van der Waals surface area contributed by atoms with Crippen molar-refractivity contribution in [2.75, 3.05) is 86.2 Å². The van der Waals surface area contributed by atoms with E-state index in [2.05, 4.69) is 20.8 Å². The number of hydrogen-bond acceptors (Lipinski definition) is 29. The van der Waals surface area contributed by atoms with Crippen molar-refractivity contribution in [1.29, 1.82) is 0 Å². The number of aliphatic hydroxyl groups excluding tert-OH is 10. The number of likely N-dealkylation sites (tertiary alicyclic amines) is 3. The zero-order chi connectivity index (χ0) is 81.3. The lowest BCUT2D eigenvalue weighted by Crippen LogP contribution is -2.55. The van der Waals surface area contributed by atoms with Gasteiger partial charge in [0.2, 0.25) is 17.7 Å². The monoisotopic (exact) mass is 1620 g/mol. The molecule has 12 N–H and O–H groups in total. The Hall–Kier alpha value is -3.04. The predicted molar refractivity (Wildman–Crippen MR) is 395 cm³/mol. The molecule has 6 aliphatic heterocycles. The van der Waals surface area contributed by atoms with E-state index in [-0.39, 0.29) is 139 Å².